The summed E-state index contributed by atoms with van der Waals surface area (Å²) in [5.74, 6) is 0.522. The fraction of sp³-hybridized carbons (Fsp3) is 0.185. The van der Waals surface area contributed by atoms with Gasteiger partial charge in [0.15, 0.2) is 0 Å². The second kappa shape index (κ2) is 9.70. The molecule has 4 rings (SSSR count). The molecular formula is C27H27N3O4. The third kappa shape index (κ3) is 4.45. The molecule has 0 radical (unpaired) electrons. The van der Waals surface area contributed by atoms with Crippen LogP contribution < -0.4 is 24.6 Å². The number of benzene rings is 3. The maximum Gasteiger partial charge on any atom is 0.282 e. The van der Waals surface area contributed by atoms with Crippen LogP contribution in [0.15, 0.2) is 78.5 Å². The minimum Gasteiger partial charge on any atom is -0.497 e. The minimum absolute atomic E-state index is 0.225. The van der Waals surface area contributed by atoms with E-state index in [9.17, 15) is 9.59 Å². The van der Waals surface area contributed by atoms with Crippen molar-refractivity contribution < 1.29 is 19.1 Å². The number of nitrogens with zero attached hydrogens (tertiary/aromatic N) is 2. The van der Waals surface area contributed by atoms with Crippen LogP contribution in [0.2, 0.25) is 0 Å². The average Bonchev–Trinajstić information content (AvgIpc) is 3.09. The Labute approximate surface area is 199 Å². The number of anilines is 3. The van der Waals surface area contributed by atoms with E-state index in [0.29, 0.717) is 40.6 Å². The third-order valence-electron chi connectivity index (χ3n) is 5.52. The molecule has 3 aromatic carbocycles. The van der Waals surface area contributed by atoms with Gasteiger partial charge in [-0.3, -0.25) is 9.59 Å². The Bertz CT molecular complexity index is 1210. The Morgan fingerprint density at radius 2 is 1.44 bits per heavy atom. The molecule has 1 aliphatic rings. The van der Waals surface area contributed by atoms with Crippen LogP contribution in [0.5, 0.6) is 11.5 Å². The Morgan fingerprint density at radius 3 is 2.00 bits per heavy atom. The van der Waals surface area contributed by atoms with Crippen molar-refractivity contribution in [3.05, 3.63) is 84.1 Å². The summed E-state index contributed by atoms with van der Waals surface area (Å²) in [6.45, 7) is 2.45. The van der Waals surface area contributed by atoms with Gasteiger partial charge in [0, 0.05) is 25.5 Å². The maximum absolute atomic E-state index is 13.6. The van der Waals surface area contributed by atoms with Crippen molar-refractivity contribution in [2.75, 3.05) is 42.9 Å². The summed E-state index contributed by atoms with van der Waals surface area (Å²) < 4.78 is 10.7. The Balaban J connectivity index is 1.74. The molecule has 7 heteroatoms. The highest BCUT2D eigenvalue weighted by atomic mass is 16.5. The molecule has 0 saturated heterocycles. The Morgan fingerprint density at radius 1 is 0.824 bits per heavy atom. The van der Waals surface area contributed by atoms with Crippen LogP contribution in [0.3, 0.4) is 0 Å². The smallest absolute Gasteiger partial charge is 0.282 e. The van der Waals surface area contributed by atoms with Crippen molar-refractivity contribution in [2.45, 2.75) is 6.92 Å². The maximum atomic E-state index is 13.6. The highest BCUT2D eigenvalue weighted by Crippen LogP contribution is 2.35. The third-order valence-corrected chi connectivity index (χ3v) is 5.52. The number of imide groups is 1. The van der Waals surface area contributed by atoms with E-state index in [1.54, 1.807) is 55.6 Å². The first-order chi connectivity index (χ1) is 16.4. The fourth-order valence-corrected chi connectivity index (χ4v) is 3.75. The van der Waals surface area contributed by atoms with E-state index < -0.39 is 11.8 Å². The molecule has 3 aromatic rings. The number of ether oxygens (including phenoxy) is 2. The number of amides is 2. The second-order valence-electron chi connectivity index (χ2n) is 7.92. The molecule has 0 unspecified atom stereocenters. The van der Waals surface area contributed by atoms with Crippen LogP contribution in [0.25, 0.3) is 5.57 Å². The molecule has 0 fully saturated rings. The van der Waals surface area contributed by atoms with Crippen molar-refractivity contribution in [3.8, 4) is 11.5 Å². The van der Waals surface area contributed by atoms with Gasteiger partial charge in [0.05, 0.1) is 25.0 Å². The topological polar surface area (TPSA) is 71.1 Å². The SMILES string of the molecule is CCOc1ccc(C2=C(Nc3ccc(N(C)C)cc3)C(=O)N(c3ccc(OC)cc3)C2=O)cc1. The van der Waals surface area contributed by atoms with E-state index in [1.165, 1.54) is 4.90 Å². The van der Waals surface area contributed by atoms with Crippen molar-refractivity contribution in [2.24, 2.45) is 0 Å². The molecule has 0 aliphatic carbocycles. The predicted octanol–water partition coefficient (Wildman–Crippen LogP) is 4.56. The molecule has 0 spiro atoms. The molecule has 0 saturated carbocycles. The summed E-state index contributed by atoms with van der Waals surface area (Å²) in [5.41, 5.74) is 3.37. The number of carbonyl (C=O) groups is 2. The quantitative estimate of drug-likeness (QED) is 0.500. The lowest BCUT2D eigenvalue weighted by molar-refractivity contribution is -0.120. The van der Waals surface area contributed by atoms with E-state index >= 15 is 0 Å². The first kappa shape index (κ1) is 22.9. The number of methoxy groups -OCH3 is 1. The van der Waals surface area contributed by atoms with Crippen molar-refractivity contribution in [3.63, 3.8) is 0 Å². The van der Waals surface area contributed by atoms with Crippen molar-refractivity contribution in [1.29, 1.82) is 0 Å². The molecule has 0 atom stereocenters. The van der Waals surface area contributed by atoms with E-state index in [1.807, 2.05) is 50.2 Å². The van der Waals surface area contributed by atoms with E-state index in [0.717, 1.165) is 5.69 Å². The van der Waals surface area contributed by atoms with Gasteiger partial charge in [-0.2, -0.15) is 0 Å². The van der Waals surface area contributed by atoms with Gasteiger partial charge in [-0.15, -0.1) is 0 Å². The van der Waals surface area contributed by atoms with Crippen LogP contribution in [0.1, 0.15) is 12.5 Å². The summed E-state index contributed by atoms with van der Waals surface area (Å²) in [6, 6.07) is 21.7. The summed E-state index contributed by atoms with van der Waals surface area (Å²) in [5, 5.41) is 3.19. The molecular weight excluding hydrogens is 430 g/mol. The molecule has 0 bridgehead atoms. The standard InChI is InChI=1S/C27H27N3O4/c1-5-34-23-14-6-18(7-15-23)24-25(28-19-8-10-20(11-9-19)29(2)3)27(32)30(26(24)31)21-12-16-22(33-4)17-13-21/h6-17,28H,5H2,1-4H3. The van der Waals surface area contributed by atoms with Crippen LogP contribution in [-0.4, -0.2) is 39.6 Å². The van der Waals surface area contributed by atoms with Crippen LogP contribution >= 0.6 is 0 Å². The highest BCUT2D eigenvalue weighted by molar-refractivity contribution is 6.46. The molecule has 0 aromatic heterocycles. The summed E-state index contributed by atoms with van der Waals surface area (Å²) in [7, 11) is 5.48. The van der Waals surface area contributed by atoms with Gasteiger partial charge >= 0.3 is 0 Å². The molecule has 174 valence electrons. The number of rotatable bonds is 8. The van der Waals surface area contributed by atoms with Crippen LogP contribution in [0.4, 0.5) is 17.1 Å². The normalized spacial score (nSPS) is 13.4. The first-order valence-corrected chi connectivity index (χ1v) is 11.0. The average molecular weight is 458 g/mol. The van der Waals surface area contributed by atoms with Crippen LogP contribution in [-0.2, 0) is 9.59 Å². The monoisotopic (exact) mass is 457 g/mol. The van der Waals surface area contributed by atoms with Crippen molar-refractivity contribution >= 4 is 34.4 Å². The second-order valence-corrected chi connectivity index (χ2v) is 7.92. The molecule has 1 heterocycles. The lowest BCUT2D eigenvalue weighted by atomic mass is 10.0. The van der Waals surface area contributed by atoms with E-state index in [2.05, 4.69) is 5.32 Å². The highest BCUT2D eigenvalue weighted by Gasteiger charge is 2.40. The van der Waals surface area contributed by atoms with E-state index in [-0.39, 0.29) is 5.70 Å². The minimum atomic E-state index is -0.421. The zero-order valence-corrected chi connectivity index (χ0v) is 19.7. The number of carbonyl (C=O) groups excluding carboxylic acids is 2. The van der Waals surface area contributed by atoms with Gasteiger partial charge in [0.1, 0.15) is 17.2 Å². The van der Waals surface area contributed by atoms with Gasteiger partial charge in [-0.25, -0.2) is 4.90 Å². The zero-order chi connectivity index (χ0) is 24.2. The van der Waals surface area contributed by atoms with Gasteiger partial charge in [0.25, 0.3) is 11.8 Å². The summed E-state index contributed by atoms with van der Waals surface area (Å²) in [4.78, 5) is 30.3. The lowest BCUT2D eigenvalue weighted by Crippen LogP contribution is -2.32. The number of hydrogen-bond donors (Lipinski definition) is 1. The van der Waals surface area contributed by atoms with Crippen LogP contribution in [0, 0.1) is 0 Å². The lowest BCUT2D eigenvalue weighted by Gasteiger charge is -2.16. The van der Waals surface area contributed by atoms with Gasteiger partial charge in [-0.05, 0) is 73.2 Å². The van der Waals surface area contributed by atoms with Gasteiger partial charge < -0.3 is 19.7 Å². The fourth-order valence-electron chi connectivity index (χ4n) is 3.75. The summed E-state index contributed by atoms with van der Waals surface area (Å²) >= 11 is 0. The zero-order valence-electron chi connectivity index (χ0n) is 19.7. The largest absolute Gasteiger partial charge is 0.497 e. The molecule has 2 amide bonds. The van der Waals surface area contributed by atoms with Gasteiger partial charge in [0.2, 0.25) is 0 Å². The predicted molar refractivity (Wildman–Crippen MR) is 134 cm³/mol. The number of hydrogen-bond acceptors (Lipinski definition) is 6. The molecule has 1 aliphatic heterocycles. The molecule has 7 nitrogen and oxygen atoms in total. The summed E-state index contributed by atoms with van der Waals surface area (Å²) in [6.07, 6.45) is 0. The van der Waals surface area contributed by atoms with E-state index in [4.69, 9.17) is 9.47 Å². The van der Waals surface area contributed by atoms with Gasteiger partial charge in [-0.1, -0.05) is 12.1 Å². The Hall–Kier alpha value is -4.26. The Kier molecular flexibility index (Phi) is 6.54. The molecule has 1 N–H and O–H groups in total. The number of nitrogens with one attached hydrogen (secondary N) is 1. The first-order valence-electron chi connectivity index (χ1n) is 11.0. The molecule has 34 heavy (non-hydrogen) atoms. The van der Waals surface area contributed by atoms with Crippen molar-refractivity contribution in [1.82, 2.24) is 0 Å².